The number of Topliss-reactive ketones (excluding diaryl/α,β-unsaturated/α-hetero) is 1. The molecule has 2 aliphatic heterocycles. The lowest BCUT2D eigenvalue weighted by Crippen LogP contribution is -2.47. The molecule has 4 rings (SSSR count). The van der Waals surface area contributed by atoms with Crippen molar-refractivity contribution in [1.82, 2.24) is 9.88 Å². The molecule has 0 saturated carbocycles. The number of carbonyl (C=O) groups is 2. The second kappa shape index (κ2) is 7.69. The normalized spacial score (nSPS) is 18.2. The highest BCUT2D eigenvalue weighted by molar-refractivity contribution is 5.95. The van der Waals surface area contributed by atoms with Gasteiger partial charge in [-0.05, 0) is 31.2 Å². The first-order valence-corrected chi connectivity index (χ1v) is 9.46. The van der Waals surface area contributed by atoms with Crippen molar-refractivity contribution in [3.05, 3.63) is 53.9 Å². The Balaban J connectivity index is 1.44. The highest BCUT2D eigenvalue weighted by atomic mass is 16.7. The lowest BCUT2D eigenvalue weighted by molar-refractivity contribution is -0.181. The first kappa shape index (κ1) is 18.6. The van der Waals surface area contributed by atoms with Crippen LogP contribution in [0.4, 0.5) is 11.4 Å². The fourth-order valence-electron chi connectivity index (χ4n) is 3.61. The molecule has 146 valence electrons. The number of carbonyl (C=O) groups excluding carboxylic acids is 2. The van der Waals surface area contributed by atoms with Crippen molar-refractivity contribution in [3.8, 4) is 0 Å². The van der Waals surface area contributed by atoms with Crippen LogP contribution in [0.15, 0.2) is 42.6 Å². The predicted molar refractivity (Wildman–Crippen MR) is 104 cm³/mol. The van der Waals surface area contributed by atoms with Gasteiger partial charge in [-0.25, -0.2) is 0 Å². The molecule has 0 radical (unpaired) electrons. The molecule has 1 amide bonds. The summed E-state index contributed by atoms with van der Waals surface area (Å²) in [7, 11) is 0. The van der Waals surface area contributed by atoms with Crippen LogP contribution in [0.25, 0.3) is 0 Å². The van der Waals surface area contributed by atoms with E-state index in [2.05, 4.69) is 10.3 Å². The van der Waals surface area contributed by atoms with Gasteiger partial charge in [-0.3, -0.25) is 14.6 Å². The Morgan fingerprint density at radius 1 is 1.07 bits per heavy atom. The molecular weight excluding hydrogens is 358 g/mol. The van der Waals surface area contributed by atoms with E-state index < -0.39 is 5.79 Å². The Bertz CT molecular complexity index is 883. The first-order chi connectivity index (χ1) is 13.5. The Hall–Kier alpha value is -2.77. The van der Waals surface area contributed by atoms with Gasteiger partial charge in [0.05, 0.1) is 13.2 Å². The van der Waals surface area contributed by atoms with Gasteiger partial charge < -0.3 is 19.7 Å². The van der Waals surface area contributed by atoms with E-state index in [1.165, 1.54) is 6.92 Å². The van der Waals surface area contributed by atoms with Gasteiger partial charge >= 0.3 is 0 Å². The zero-order valence-electron chi connectivity index (χ0n) is 15.8. The zero-order chi connectivity index (χ0) is 19.6. The number of ether oxygens (including phenoxy) is 2. The number of nitrogens with zero attached hydrogens (tertiary/aromatic N) is 2. The molecule has 1 aromatic carbocycles. The fraction of sp³-hybridized carbons (Fsp3) is 0.381. The lowest BCUT2D eigenvalue weighted by Gasteiger charge is -2.37. The third kappa shape index (κ3) is 3.90. The second-order valence-corrected chi connectivity index (χ2v) is 7.09. The summed E-state index contributed by atoms with van der Waals surface area (Å²) in [6.45, 7) is 3.94. The van der Waals surface area contributed by atoms with Crippen molar-refractivity contribution in [2.75, 3.05) is 31.6 Å². The second-order valence-electron chi connectivity index (χ2n) is 7.09. The number of hydrogen-bond acceptors (Lipinski definition) is 6. The molecule has 2 saturated heterocycles. The van der Waals surface area contributed by atoms with Crippen LogP contribution in [0.2, 0.25) is 0 Å². The Kier molecular flexibility index (Phi) is 5.11. The molecule has 1 N–H and O–H groups in total. The number of nitrogens with one attached hydrogen (secondary N) is 1. The van der Waals surface area contributed by atoms with E-state index >= 15 is 0 Å². The van der Waals surface area contributed by atoms with Crippen LogP contribution >= 0.6 is 0 Å². The number of hydrogen-bond donors (Lipinski definition) is 1. The molecule has 0 unspecified atom stereocenters. The van der Waals surface area contributed by atoms with Crippen molar-refractivity contribution in [2.24, 2.45) is 0 Å². The number of benzene rings is 1. The van der Waals surface area contributed by atoms with Gasteiger partial charge in [-0.15, -0.1) is 0 Å². The standard InChI is InChI=1S/C21H23N3O4/c1-15(25)16-3-2-4-17(13-16)23-18-5-8-22-19(14-18)20(26)24-9-6-21(7-10-24)27-11-12-28-21/h2-5,8,13-14H,6-7,9-12H2,1H3,(H,22,23). The maximum Gasteiger partial charge on any atom is 0.272 e. The van der Waals surface area contributed by atoms with Gasteiger partial charge in [0.25, 0.3) is 5.91 Å². The minimum atomic E-state index is -0.505. The minimum Gasteiger partial charge on any atom is -0.355 e. The van der Waals surface area contributed by atoms with Crippen molar-refractivity contribution in [3.63, 3.8) is 0 Å². The Morgan fingerprint density at radius 3 is 2.50 bits per heavy atom. The van der Waals surface area contributed by atoms with Gasteiger partial charge in [0.2, 0.25) is 0 Å². The molecule has 7 heteroatoms. The van der Waals surface area contributed by atoms with Crippen LogP contribution in [0.1, 0.15) is 40.6 Å². The van der Waals surface area contributed by atoms with Crippen molar-refractivity contribution in [2.45, 2.75) is 25.6 Å². The van der Waals surface area contributed by atoms with E-state index in [-0.39, 0.29) is 11.7 Å². The lowest BCUT2D eigenvalue weighted by atomic mass is 10.0. The van der Waals surface area contributed by atoms with Crippen LogP contribution in [0.5, 0.6) is 0 Å². The molecule has 2 fully saturated rings. The number of amides is 1. The van der Waals surface area contributed by atoms with Crippen molar-refractivity contribution in [1.29, 1.82) is 0 Å². The highest BCUT2D eigenvalue weighted by Crippen LogP contribution is 2.31. The largest absolute Gasteiger partial charge is 0.355 e. The number of aromatic nitrogens is 1. The van der Waals surface area contributed by atoms with Crippen molar-refractivity contribution < 1.29 is 19.1 Å². The average molecular weight is 381 g/mol. The third-order valence-corrected chi connectivity index (χ3v) is 5.16. The van der Waals surface area contributed by atoms with Crippen LogP contribution in [-0.2, 0) is 9.47 Å². The molecule has 0 atom stereocenters. The third-order valence-electron chi connectivity index (χ3n) is 5.16. The Labute approximate surface area is 163 Å². The summed E-state index contributed by atoms with van der Waals surface area (Å²) in [6, 6.07) is 10.8. The molecule has 0 bridgehead atoms. The summed E-state index contributed by atoms with van der Waals surface area (Å²) in [6.07, 6.45) is 2.96. The maximum atomic E-state index is 12.9. The van der Waals surface area contributed by atoms with Gasteiger partial charge in [0.15, 0.2) is 11.6 Å². The van der Waals surface area contributed by atoms with Crippen LogP contribution < -0.4 is 5.32 Å². The van der Waals surface area contributed by atoms with Crippen LogP contribution in [0.3, 0.4) is 0 Å². The SMILES string of the molecule is CC(=O)c1cccc(Nc2ccnc(C(=O)N3CCC4(CC3)OCCO4)c2)c1. The fourth-order valence-corrected chi connectivity index (χ4v) is 3.61. The topological polar surface area (TPSA) is 80.8 Å². The van der Waals surface area contributed by atoms with E-state index in [9.17, 15) is 9.59 Å². The smallest absolute Gasteiger partial charge is 0.272 e. The molecule has 1 aromatic heterocycles. The molecule has 2 aliphatic rings. The number of rotatable bonds is 4. The van der Waals surface area contributed by atoms with E-state index in [1.54, 1.807) is 35.4 Å². The highest BCUT2D eigenvalue weighted by Gasteiger charge is 2.41. The average Bonchev–Trinajstić information content (AvgIpc) is 3.16. The quantitative estimate of drug-likeness (QED) is 0.820. The molecular formula is C21H23N3O4. The molecule has 3 heterocycles. The van der Waals surface area contributed by atoms with E-state index in [4.69, 9.17) is 9.47 Å². The number of piperidine rings is 1. The molecule has 7 nitrogen and oxygen atoms in total. The molecule has 2 aromatic rings. The number of pyridine rings is 1. The number of ketones is 1. The zero-order valence-corrected chi connectivity index (χ0v) is 15.8. The molecule has 0 aliphatic carbocycles. The van der Waals surface area contributed by atoms with Crippen molar-refractivity contribution >= 4 is 23.1 Å². The van der Waals surface area contributed by atoms with E-state index in [0.29, 0.717) is 50.4 Å². The summed E-state index contributed by atoms with van der Waals surface area (Å²) < 4.78 is 11.4. The summed E-state index contributed by atoms with van der Waals surface area (Å²) in [4.78, 5) is 30.4. The molecule has 1 spiro atoms. The van der Waals surface area contributed by atoms with Gasteiger partial charge in [0.1, 0.15) is 5.69 Å². The minimum absolute atomic E-state index is 0.00679. The predicted octanol–water partition coefficient (Wildman–Crippen LogP) is 3.01. The maximum absolute atomic E-state index is 12.9. The molecule has 28 heavy (non-hydrogen) atoms. The number of anilines is 2. The summed E-state index contributed by atoms with van der Waals surface area (Å²) in [5.74, 6) is -0.601. The summed E-state index contributed by atoms with van der Waals surface area (Å²) in [5, 5.41) is 3.23. The first-order valence-electron chi connectivity index (χ1n) is 9.46. The van der Waals surface area contributed by atoms with Gasteiger partial charge in [0, 0.05) is 49.1 Å². The van der Waals surface area contributed by atoms with Crippen LogP contribution in [0, 0.1) is 0 Å². The van der Waals surface area contributed by atoms with Crippen LogP contribution in [-0.4, -0.2) is 53.7 Å². The van der Waals surface area contributed by atoms with Gasteiger partial charge in [-0.1, -0.05) is 12.1 Å². The summed E-state index contributed by atoms with van der Waals surface area (Å²) in [5.41, 5.74) is 2.55. The van der Waals surface area contributed by atoms with E-state index in [1.807, 2.05) is 12.1 Å². The Morgan fingerprint density at radius 2 is 1.79 bits per heavy atom. The van der Waals surface area contributed by atoms with Gasteiger partial charge in [-0.2, -0.15) is 0 Å². The number of likely N-dealkylation sites (tertiary alicyclic amines) is 1. The summed E-state index contributed by atoms with van der Waals surface area (Å²) >= 11 is 0. The monoisotopic (exact) mass is 381 g/mol. The van der Waals surface area contributed by atoms with E-state index in [0.717, 1.165) is 11.4 Å².